The van der Waals surface area contributed by atoms with Crippen molar-refractivity contribution >= 4 is 24.0 Å². The van der Waals surface area contributed by atoms with E-state index in [1.165, 1.54) is 0 Å². The summed E-state index contributed by atoms with van der Waals surface area (Å²) in [6.45, 7) is 2.68. The van der Waals surface area contributed by atoms with Crippen LogP contribution in [0.15, 0.2) is 18.3 Å². The lowest BCUT2D eigenvalue weighted by Crippen LogP contribution is -2.32. The van der Waals surface area contributed by atoms with Crippen LogP contribution in [0.5, 0.6) is 5.75 Å². The van der Waals surface area contributed by atoms with Gasteiger partial charge >= 0.3 is 0 Å². The second-order valence-corrected chi connectivity index (χ2v) is 4.33. The molecule has 0 saturated heterocycles. The van der Waals surface area contributed by atoms with Gasteiger partial charge in [-0.1, -0.05) is 18.5 Å². The molecule has 3 nitrogen and oxygen atoms in total. The van der Waals surface area contributed by atoms with Crippen molar-refractivity contribution in [2.24, 2.45) is 11.7 Å². The van der Waals surface area contributed by atoms with E-state index >= 15 is 0 Å². The Balaban J connectivity index is 0.00000112. The topological polar surface area (TPSA) is 48.1 Å². The first-order valence-electron chi connectivity index (χ1n) is 4.63. The van der Waals surface area contributed by atoms with Crippen LogP contribution in [0, 0.1) is 5.92 Å². The van der Waals surface area contributed by atoms with Gasteiger partial charge in [0.1, 0.15) is 17.5 Å². The van der Waals surface area contributed by atoms with Crippen LogP contribution in [0.1, 0.15) is 13.3 Å². The van der Waals surface area contributed by atoms with Gasteiger partial charge in [0.25, 0.3) is 0 Å². The van der Waals surface area contributed by atoms with Crippen molar-refractivity contribution in [3.05, 3.63) is 23.5 Å². The summed E-state index contributed by atoms with van der Waals surface area (Å²) < 4.78 is 5.51. The third-order valence-electron chi connectivity index (χ3n) is 2.72. The van der Waals surface area contributed by atoms with Crippen molar-refractivity contribution in [3.63, 3.8) is 0 Å². The maximum atomic E-state index is 6.00. The zero-order valence-corrected chi connectivity index (χ0v) is 10.0. The van der Waals surface area contributed by atoms with E-state index in [9.17, 15) is 0 Å². The van der Waals surface area contributed by atoms with Crippen molar-refractivity contribution in [2.45, 2.75) is 18.9 Å². The van der Waals surface area contributed by atoms with Crippen LogP contribution in [0.2, 0.25) is 5.15 Å². The third kappa shape index (κ3) is 2.97. The largest absolute Gasteiger partial charge is 0.490 e. The van der Waals surface area contributed by atoms with Crippen LogP contribution >= 0.6 is 24.0 Å². The Kier molecular flexibility index (Phi) is 3.82. The summed E-state index contributed by atoms with van der Waals surface area (Å²) in [5.41, 5.74) is 5.87. The molecule has 2 unspecified atom stereocenters. The highest BCUT2D eigenvalue weighted by Crippen LogP contribution is 2.40. The van der Waals surface area contributed by atoms with Gasteiger partial charge in [-0.2, -0.15) is 0 Å². The summed E-state index contributed by atoms with van der Waals surface area (Å²) in [5.74, 6) is 1.28. The minimum atomic E-state index is -0.125. The molecule has 2 rings (SSSR count). The summed E-state index contributed by atoms with van der Waals surface area (Å²) in [5, 5.41) is 0.472. The van der Waals surface area contributed by atoms with Gasteiger partial charge < -0.3 is 10.5 Å². The molecular formula is C10H14Cl2N2O. The molecule has 1 aliphatic carbocycles. The van der Waals surface area contributed by atoms with Crippen LogP contribution in [-0.4, -0.2) is 17.1 Å². The van der Waals surface area contributed by atoms with Crippen molar-refractivity contribution in [1.82, 2.24) is 4.98 Å². The number of aromatic nitrogens is 1. The molecule has 15 heavy (non-hydrogen) atoms. The molecule has 1 fully saturated rings. The molecule has 2 N–H and O–H groups in total. The third-order valence-corrected chi connectivity index (χ3v) is 2.94. The average molecular weight is 249 g/mol. The van der Waals surface area contributed by atoms with Crippen LogP contribution in [0.3, 0.4) is 0 Å². The Morgan fingerprint density at radius 3 is 2.80 bits per heavy atom. The summed E-state index contributed by atoms with van der Waals surface area (Å²) in [4.78, 5) is 3.92. The molecule has 1 aliphatic rings. The Labute approximate surface area is 100 Å². The van der Waals surface area contributed by atoms with E-state index in [2.05, 4.69) is 11.9 Å². The van der Waals surface area contributed by atoms with Gasteiger partial charge in [0.05, 0.1) is 11.7 Å². The number of ether oxygens (including phenoxy) is 1. The van der Waals surface area contributed by atoms with E-state index in [0.717, 1.165) is 12.2 Å². The summed E-state index contributed by atoms with van der Waals surface area (Å²) in [6, 6.07) is 3.50. The normalized spacial score (nSPS) is 28.1. The summed E-state index contributed by atoms with van der Waals surface area (Å²) in [6.07, 6.45) is 2.65. The minimum Gasteiger partial charge on any atom is -0.490 e. The first kappa shape index (κ1) is 12.6. The zero-order valence-electron chi connectivity index (χ0n) is 8.44. The fraction of sp³-hybridized carbons (Fsp3) is 0.500. The Bertz CT molecular complexity index is 331. The molecule has 84 valence electrons. The standard InChI is InChI=1S/C10H13ClN2O.ClH/c1-7-4-10(7,12)6-14-8-2-3-9(11)13-5-8;/h2-3,5,7H,4,6,12H2,1H3;1H. The van der Waals surface area contributed by atoms with E-state index in [4.69, 9.17) is 22.1 Å². The lowest BCUT2D eigenvalue weighted by atomic mass is 10.2. The molecule has 5 heteroatoms. The Hall–Kier alpha value is -0.510. The van der Waals surface area contributed by atoms with Gasteiger partial charge in [-0.25, -0.2) is 4.98 Å². The van der Waals surface area contributed by atoms with Gasteiger partial charge in [-0.15, -0.1) is 12.4 Å². The number of halogens is 2. The molecule has 1 aromatic heterocycles. The summed E-state index contributed by atoms with van der Waals surface area (Å²) in [7, 11) is 0. The SMILES string of the molecule is CC1CC1(N)COc1ccc(Cl)nc1.Cl. The molecule has 1 aromatic rings. The van der Waals surface area contributed by atoms with Gasteiger partial charge in [0, 0.05) is 0 Å². The minimum absolute atomic E-state index is 0. The van der Waals surface area contributed by atoms with Gasteiger partial charge in [0.15, 0.2) is 0 Å². The smallest absolute Gasteiger partial charge is 0.137 e. The second kappa shape index (κ2) is 4.56. The molecule has 1 saturated carbocycles. The van der Waals surface area contributed by atoms with Gasteiger partial charge in [-0.05, 0) is 24.5 Å². The lowest BCUT2D eigenvalue weighted by Gasteiger charge is -2.11. The average Bonchev–Trinajstić information content (AvgIpc) is 2.74. The van der Waals surface area contributed by atoms with Crippen LogP contribution in [-0.2, 0) is 0 Å². The quantitative estimate of drug-likeness (QED) is 0.836. The fourth-order valence-electron chi connectivity index (χ4n) is 1.38. The molecule has 0 aliphatic heterocycles. The zero-order chi connectivity index (χ0) is 10.2. The molecular weight excluding hydrogens is 235 g/mol. The maximum absolute atomic E-state index is 6.00. The molecule has 0 bridgehead atoms. The lowest BCUT2D eigenvalue weighted by molar-refractivity contribution is 0.270. The summed E-state index contributed by atoms with van der Waals surface area (Å²) >= 11 is 5.65. The highest BCUT2D eigenvalue weighted by Gasteiger charge is 2.48. The van der Waals surface area contributed by atoms with Gasteiger partial charge in [-0.3, -0.25) is 0 Å². The van der Waals surface area contributed by atoms with E-state index < -0.39 is 0 Å². The van der Waals surface area contributed by atoms with Crippen LogP contribution < -0.4 is 10.5 Å². The van der Waals surface area contributed by atoms with Crippen molar-refractivity contribution in [2.75, 3.05) is 6.61 Å². The van der Waals surface area contributed by atoms with Crippen LogP contribution in [0.4, 0.5) is 0 Å². The highest BCUT2D eigenvalue weighted by atomic mass is 35.5. The molecule has 0 amide bonds. The molecule has 0 spiro atoms. The Morgan fingerprint density at radius 1 is 1.67 bits per heavy atom. The second-order valence-electron chi connectivity index (χ2n) is 3.94. The monoisotopic (exact) mass is 248 g/mol. The Morgan fingerprint density at radius 2 is 2.33 bits per heavy atom. The first-order valence-corrected chi connectivity index (χ1v) is 5.01. The number of hydrogen-bond donors (Lipinski definition) is 1. The predicted molar refractivity (Wildman–Crippen MR) is 62.7 cm³/mol. The van der Waals surface area contributed by atoms with Gasteiger partial charge in [0.2, 0.25) is 0 Å². The van der Waals surface area contributed by atoms with E-state index in [1.54, 1.807) is 18.3 Å². The number of nitrogens with zero attached hydrogens (tertiary/aromatic N) is 1. The molecule has 0 aromatic carbocycles. The fourth-order valence-corrected chi connectivity index (χ4v) is 1.49. The number of rotatable bonds is 3. The number of pyridine rings is 1. The van der Waals surface area contributed by atoms with E-state index in [-0.39, 0.29) is 17.9 Å². The van der Waals surface area contributed by atoms with Crippen molar-refractivity contribution in [3.8, 4) is 5.75 Å². The van der Waals surface area contributed by atoms with Crippen molar-refractivity contribution in [1.29, 1.82) is 0 Å². The van der Waals surface area contributed by atoms with Crippen LogP contribution in [0.25, 0.3) is 0 Å². The highest BCUT2D eigenvalue weighted by molar-refractivity contribution is 6.29. The van der Waals surface area contributed by atoms with E-state index in [1.807, 2.05) is 0 Å². The number of nitrogens with two attached hydrogens (primary N) is 1. The first-order chi connectivity index (χ1) is 6.60. The molecule has 2 atom stereocenters. The van der Waals surface area contributed by atoms with Crippen molar-refractivity contribution < 1.29 is 4.74 Å². The predicted octanol–water partition coefficient (Wildman–Crippen LogP) is 2.27. The van der Waals surface area contributed by atoms with E-state index in [0.29, 0.717) is 17.7 Å². The number of hydrogen-bond acceptors (Lipinski definition) is 3. The maximum Gasteiger partial charge on any atom is 0.137 e. The molecule has 1 heterocycles. The molecule has 0 radical (unpaired) electrons.